The van der Waals surface area contributed by atoms with Crippen LogP contribution < -0.4 is 5.32 Å². The van der Waals surface area contributed by atoms with Gasteiger partial charge in [-0.15, -0.1) is 11.8 Å². The molecule has 0 saturated carbocycles. The first-order valence-electron chi connectivity index (χ1n) is 7.69. The van der Waals surface area contributed by atoms with Gasteiger partial charge in [0.05, 0.1) is 17.7 Å². The number of halogens is 4. The molecule has 1 N–H and O–H groups in total. The summed E-state index contributed by atoms with van der Waals surface area (Å²) in [6, 6.07) is 9.33. The van der Waals surface area contributed by atoms with Crippen LogP contribution in [0.25, 0.3) is 11.2 Å². The van der Waals surface area contributed by atoms with Crippen LogP contribution >= 0.6 is 51.8 Å². The normalized spacial score (nSPS) is 11.2. The summed E-state index contributed by atoms with van der Waals surface area (Å²) in [7, 11) is 0. The number of imidazole rings is 1. The number of anilines is 2. The first-order valence-corrected chi connectivity index (χ1v) is 13.3. The lowest BCUT2D eigenvalue weighted by atomic mass is 10.3. The van der Waals surface area contributed by atoms with Crippen molar-refractivity contribution >= 4 is 74.3 Å². The van der Waals surface area contributed by atoms with Gasteiger partial charge in [-0.3, -0.25) is 4.34 Å². The molecule has 3 rings (SSSR count). The molecule has 10 heteroatoms. The van der Waals surface area contributed by atoms with Crippen LogP contribution in [0.2, 0.25) is 5.15 Å². The minimum absolute atomic E-state index is 0.0494. The number of aromatic nitrogens is 3. The summed E-state index contributed by atoms with van der Waals surface area (Å²) in [5.74, 6) is -0.297. The fourth-order valence-corrected chi connectivity index (χ4v) is 4.89. The van der Waals surface area contributed by atoms with E-state index in [1.807, 2.05) is 66.4 Å². The molecular weight excluding hydrogens is 512 g/mol. The summed E-state index contributed by atoms with van der Waals surface area (Å²) in [6.07, 6.45) is -0.656. The van der Waals surface area contributed by atoms with Crippen molar-refractivity contribution in [3.63, 3.8) is 0 Å². The first kappa shape index (κ1) is 21.6. The number of hydrogen-bond acceptors (Lipinski definition) is 4. The number of fused-ring (bicyclic) bond motifs is 1. The maximum Gasteiger partial charge on any atom is 0.295 e. The molecule has 0 fully saturated rings. The lowest BCUT2D eigenvalue weighted by molar-refractivity contribution is 0.140. The largest absolute Gasteiger partial charge is 0.353 e. The van der Waals surface area contributed by atoms with Crippen LogP contribution in [0, 0.1) is 0 Å². The van der Waals surface area contributed by atoms with Crippen LogP contribution in [0.1, 0.15) is 26.1 Å². The standard InChI is InChI=1S/C14H11ClF2IN4PS.C2H6/c1-24-9-5-3-2-4-7(9)19-8-6-10(15)20-13-11(8)21-14(12(16)17)22(13)23-18;1-2/h2-6,12,23H,1H3,(H,19,20);1-2H3. The molecule has 2 heterocycles. The zero-order valence-corrected chi connectivity index (χ0v) is 19.0. The molecular formula is C16H17ClF2IN4PS. The highest BCUT2D eigenvalue weighted by molar-refractivity contribution is 14.2. The third-order valence-electron chi connectivity index (χ3n) is 3.27. The molecule has 1 aromatic carbocycles. The fraction of sp³-hybridized carbons (Fsp3) is 0.250. The summed E-state index contributed by atoms with van der Waals surface area (Å²) in [4.78, 5) is 9.31. The molecule has 0 spiro atoms. The van der Waals surface area contributed by atoms with Crippen LogP contribution in [0.15, 0.2) is 35.2 Å². The minimum atomic E-state index is -2.67. The highest BCUT2D eigenvalue weighted by Crippen LogP contribution is 2.38. The number of nitrogens with one attached hydrogen (secondary N) is 1. The summed E-state index contributed by atoms with van der Waals surface area (Å²) in [5.41, 5.74) is 2.16. The van der Waals surface area contributed by atoms with E-state index in [4.69, 9.17) is 11.6 Å². The number of hydrogen-bond donors (Lipinski definition) is 1. The lowest BCUT2D eigenvalue weighted by Gasteiger charge is -2.11. The van der Waals surface area contributed by atoms with E-state index in [0.29, 0.717) is 16.9 Å². The highest BCUT2D eigenvalue weighted by atomic mass is 127. The number of rotatable bonds is 5. The number of para-hydroxylation sites is 1. The second-order valence-electron chi connectivity index (χ2n) is 4.68. The second kappa shape index (κ2) is 10.0. The smallest absolute Gasteiger partial charge is 0.295 e. The summed E-state index contributed by atoms with van der Waals surface area (Å²) >= 11 is 9.71. The molecule has 0 amide bonds. The van der Waals surface area contributed by atoms with Gasteiger partial charge < -0.3 is 5.32 Å². The Morgan fingerprint density at radius 3 is 2.54 bits per heavy atom. The zero-order valence-electron chi connectivity index (χ0n) is 14.2. The van der Waals surface area contributed by atoms with Crippen molar-refractivity contribution in [2.24, 2.45) is 0 Å². The first-order chi connectivity index (χ1) is 12.5. The van der Waals surface area contributed by atoms with Gasteiger partial charge in [0.15, 0.2) is 11.5 Å². The number of nitrogens with zero attached hydrogens (tertiary/aromatic N) is 3. The van der Waals surface area contributed by atoms with Crippen molar-refractivity contribution in [1.29, 1.82) is 0 Å². The van der Waals surface area contributed by atoms with Gasteiger partial charge in [-0.05, 0) is 40.4 Å². The number of benzene rings is 1. The van der Waals surface area contributed by atoms with Crippen molar-refractivity contribution < 1.29 is 8.78 Å². The number of alkyl halides is 2. The van der Waals surface area contributed by atoms with Crippen molar-refractivity contribution in [2.45, 2.75) is 25.2 Å². The Hall–Kier alpha value is -0.700. The maximum atomic E-state index is 13.3. The average molecular weight is 529 g/mol. The van der Waals surface area contributed by atoms with E-state index >= 15 is 0 Å². The van der Waals surface area contributed by atoms with Gasteiger partial charge in [-0.25, -0.2) is 18.7 Å². The Bertz CT molecular complexity index is 894. The van der Waals surface area contributed by atoms with Crippen LogP contribution in [0.3, 0.4) is 0 Å². The SMILES string of the molecule is CC.CSc1ccccc1Nc1cc(Cl)nc2c1nc(C(F)F)n2PI. The van der Waals surface area contributed by atoms with Crippen LogP contribution in [0.5, 0.6) is 0 Å². The molecule has 4 nitrogen and oxygen atoms in total. The molecule has 1 unspecified atom stereocenters. The van der Waals surface area contributed by atoms with Crippen LogP contribution in [-0.2, 0) is 0 Å². The van der Waals surface area contributed by atoms with Gasteiger partial charge >= 0.3 is 0 Å². The topological polar surface area (TPSA) is 42.7 Å². The quantitative estimate of drug-likeness (QED) is 0.163. The third kappa shape index (κ3) is 4.58. The Kier molecular flexibility index (Phi) is 8.32. The highest BCUT2D eigenvalue weighted by Gasteiger charge is 2.22. The second-order valence-corrected chi connectivity index (χ2v) is 7.98. The minimum Gasteiger partial charge on any atom is -0.353 e. The maximum absolute atomic E-state index is 13.3. The molecule has 26 heavy (non-hydrogen) atoms. The molecule has 1 atom stereocenters. The van der Waals surface area contributed by atoms with Crippen molar-refractivity contribution in [1.82, 2.24) is 14.3 Å². The van der Waals surface area contributed by atoms with Gasteiger partial charge in [0, 0.05) is 11.0 Å². The van der Waals surface area contributed by atoms with Crippen molar-refractivity contribution in [3.8, 4) is 0 Å². The number of pyridine rings is 1. The van der Waals surface area contributed by atoms with E-state index in [1.165, 1.54) is 4.34 Å². The number of thioether (sulfide) groups is 1. The molecule has 0 aliphatic carbocycles. The van der Waals surface area contributed by atoms with Crippen molar-refractivity contribution in [3.05, 3.63) is 41.3 Å². The van der Waals surface area contributed by atoms with Gasteiger partial charge in [-0.1, -0.05) is 37.6 Å². The molecule has 0 saturated heterocycles. The Morgan fingerprint density at radius 1 is 1.23 bits per heavy atom. The van der Waals surface area contributed by atoms with Gasteiger partial charge in [-0.2, -0.15) is 0 Å². The van der Waals surface area contributed by atoms with Gasteiger partial charge in [0.25, 0.3) is 6.43 Å². The van der Waals surface area contributed by atoms with E-state index in [2.05, 4.69) is 15.3 Å². The molecule has 0 aliphatic heterocycles. The molecule has 3 aromatic rings. The van der Waals surface area contributed by atoms with E-state index in [0.717, 1.165) is 10.6 Å². The zero-order chi connectivity index (χ0) is 19.3. The summed E-state index contributed by atoms with van der Waals surface area (Å²) < 4.78 is 27.9. The van der Waals surface area contributed by atoms with Gasteiger partial charge in [0.1, 0.15) is 10.7 Å². The summed E-state index contributed by atoms with van der Waals surface area (Å²) in [6.45, 7) is 4.00. The van der Waals surface area contributed by atoms with Crippen LogP contribution in [-0.4, -0.2) is 20.6 Å². The van der Waals surface area contributed by atoms with Crippen LogP contribution in [0.4, 0.5) is 20.2 Å². The Morgan fingerprint density at radius 2 is 1.92 bits per heavy atom. The van der Waals surface area contributed by atoms with Crippen molar-refractivity contribution in [2.75, 3.05) is 11.6 Å². The molecule has 0 radical (unpaired) electrons. The average Bonchev–Trinajstić information content (AvgIpc) is 3.02. The van der Waals surface area contributed by atoms with Gasteiger partial charge in [0.2, 0.25) is 0 Å². The van der Waals surface area contributed by atoms with E-state index in [1.54, 1.807) is 17.8 Å². The Labute approximate surface area is 174 Å². The predicted molar refractivity (Wildman–Crippen MR) is 118 cm³/mol. The molecule has 2 aromatic heterocycles. The third-order valence-corrected chi connectivity index (χ3v) is 6.31. The van der Waals surface area contributed by atoms with E-state index in [-0.39, 0.29) is 17.4 Å². The van der Waals surface area contributed by atoms with E-state index in [9.17, 15) is 8.78 Å². The fourth-order valence-electron chi connectivity index (χ4n) is 2.25. The molecule has 0 bridgehead atoms. The Balaban J connectivity index is 0.00000117. The monoisotopic (exact) mass is 528 g/mol. The molecule has 140 valence electrons. The molecule has 0 aliphatic rings. The lowest BCUT2D eigenvalue weighted by Crippen LogP contribution is -1.95. The predicted octanol–water partition coefficient (Wildman–Crippen LogP) is 7.31. The summed E-state index contributed by atoms with van der Waals surface area (Å²) in [5, 5.41) is 3.47. The van der Waals surface area contributed by atoms with E-state index < -0.39 is 6.43 Å².